The monoisotopic (exact) mass is 488 g/mol. The molecule has 2 atom stereocenters. The van der Waals surface area contributed by atoms with Crippen LogP contribution in [-0.2, 0) is 0 Å². The summed E-state index contributed by atoms with van der Waals surface area (Å²) in [7, 11) is 1.86. The number of anilines is 1. The summed E-state index contributed by atoms with van der Waals surface area (Å²) in [5.74, 6) is -0.267. The molecule has 1 saturated heterocycles. The molecule has 5 rings (SSSR count). The number of nitrogens with zero attached hydrogens (tertiary/aromatic N) is 3. The number of aromatic nitrogens is 2. The van der Waals surface area contributed by atoms with Gasteiger partial charge in [-0.3, -0.25) is 20.4 Å². The normalized spacial score (nSPS) is 20.2. The quantitative estimate of drug-likeness (QED) is 0.434. The topological polar surface area (TPSA) is 91.3 Å². The molecule has 2 aromatic carbocycles. The van der Waals surface area contributed by atoms with E-state index in [0.29, 0.717) is 35.4 Å². The van der Waals surface area contributed by atoms with Crippen LogP contribution < -0.4 is 16.2 Å². The molecule has 2 heterocycles. The Morgan fingerprint density at radius 1 is 1.11 bits per heavy atom. The molecule has 0 radical (unpaired) electrons. The summed E-state index contributed by atoms with van der Waals surface area (Å²) in [6.45, 7) is 2.79. The smallest absolute Gasteiger partial charge is 0.255 e. The van der Waals surface area contributed by atoms with Gasteiger partial charge in [0, 0.05) is 43.0 Å². The van der Waals surface area contributed by atoms with E-state index in [9.17, 15) is 9.59 Å². The second-order valence-electron chi connectivity index (χ2n) is 10.2. The van der Waals surface area contributed by atoms with Gasteiger partial charge in [-0.1, -0.05) is 44.4 Å². The van der Waals surface area contributed by atoms with Crippen molar-refractivity contribution in [2.24, 2.45) is 0 Å². The van der Waals surface area contributed by atoms with Gasteiger partial charge < -0.3 is 14.8 Å². The van der Waals surface area contributed by atoms with Gasteiger partial charge >= 0.3 is 0 Å². The van der Waals surface area contributed by atoms with Crippen LogP contribution >= 0.6 is 0 Å². The number of carbonyl (C=O) groups excluding carboxylic acids is 2. The molecule has 2 unspecified atom stereocenters. The zero-order valence-electron chi connectivity index (χ0n) is 21.2. The van der Waals surface area contributed by atoms with Crippen LogP contribution in [0, 0.1) is 0 Å². The number of hydrazine groups is 1. The lowest BCUT2D eigenvalue weighted by Gasteiger charge is -2.23. The van der Waals surface area contributed by atoms with Crippen LogP contribution in [0.1, 0.15) is 78.6 Å². The fourth-order valence-electron chi connectivity index (χ4n) is 5.63. The number of fused-ring (bicyclic) bond motifs is 1. The highest BCUT2D eigenvalue weighted by Gasteiger charge is 2.28. The minimum atomic E-state index is -0.208. The van der Waals surface area contributed by atoms with E-state index in [4.69, 9.17) is 0 Å². The van der Waals surface area contributed by atoms with Gasteiger partial charge in [0.05, 0.1) is 22.9 Å². The molecule has 36 heavy (non-hydrogen) atoms. The number of nitrogens with one attached hydrogen (secondary N) is 3. The first-order chi connectivity index (χ1) is 17.5. The second kappa shape index (κ2) is 10.8. The summed E-state index contributed by atoms with van der Waals surface area (Å²) in [5, 5.41) is 2.98. The number of hydrogen-bond donors (Lipinski definition) is 3. The second-order valence-corrected chi connectivity index (χ2v) is 10.2. The maximum Gasteiger partial charge on any atom is 0.255 e. The van der Waals surface area contributed by atoms with Crippen LogP contribution in [0.3, 0.4) is 0 Å². The van der Waals surface area contributed by atoms with E-state index in [-0.39, 0.29) is 17.9 Å². The standard InChI is InChI=1S/C28H36N6O2/c1-3-9-20-14-22(32-31-20)17-33(2)28(36)24-15-21(30-27(35)19-10-5-4-6-11-19)16-25-26(24)34(18-29-25)23-12-7-8-13-23/h4-6,10-11,15-16,18,20,22-23,31-32H,3,7-9,12-14,17H2,1-2H3,(H,30,35). The maximum atomic E-state index is 13.9. The molecule has 1 saturated carbocycles. The number of likely N-dealkylation sites (N-methyl/N-ethyl adjacent to an activating group) is 1. The molecule has 1 aliphatic heterocycles. The summed E-state index contributed by atoms with van der Waals surface area (Å²) in [6.07, 6.45) is 9.68. The largest absolute Gasteiger partial charge is 0.340 e. The first-order valence-corrected chi connectivity index (χ1v) is 13.2. The van der Waals surface area contributed by atoms with Gasteiger partial charge in [0.15, 0.2) is 0 Å². The molecular formula is C28H36N6O2. The molecule has 3 aromatic rings. The Hall–Kier alpha value is -3.23. The van der Waals surface area contributed by atoms with Crippen molar-refractivity contribution in [2.45, 2.75) is 70.0 Å². The lowest BCUT2D eigenvalue weighted by Crippen LogP contribution is -2.41. The molecule has 2 aliphatic rings. The van der Waals surface area contributed by atoms with Crippen LogP contribution in [0.5, 0.6) is 0 Å². The molecule has 0 bridgehead atoms. The number of rotatable bonds is 8. The van der Waals surface area contributed by atoms with Crippen molar-refractivity contribution in [3.05, 3.63) is 59.9 Å². The molecule has 8 heteroatoms. The Labute approximate surface area is 212 Å². The van der Waals surface area contributed by atoms with E-state index in [2.05, 4.69) is 32.6 Å². The van der Waals surface area contributed by atoms with E-state index >= 15 is 0 Å². The third-order valence-electron chi connectivity index (χ3n) is 7.45. The van der Waals surface area contributed by atoms with Gasteiger partial charge in [-0.2, -0.15) is 0 Å². The predicted molar refractivity (Wildman–Crippen MR) is 142 cm³/mol. The summed E-state index contributed by atoms with van der Waals surface area (Å²) in [5.41, 5.74) is 10.0. The fourth-order valence-corrected chi connectivity index (χ4v) is 5.63. The van der Waals surface area contributed by atoms with Crippen LogP contribution in [0.25, 0.3) is 11.0 Å². The van der Waals surface area contributed by atoms with Crippen LogP contribution in [-0.4, -0.2) is 51.9 Å². The molecule has 8 nitrogen and oxygen atoms in total. The zero-order valence-corrected chi connectivity index (χ0v) is 21.2. The van der Waals surface area contributed by atoms with E-state index < -0.39 is 0 Å². The van der Waals surface area contributed by atoms with Crippen molar-refractivity contribution in [2.75, 3.05) is 18.9 Å². The summed E-state index contributed by atoms with van der Waals surface area (Å²) < 4.78 is 2.18. The average molecular weight is 489 g/mol. The van der Waals surface area contributed by atoms with E-state index in [0.717, 1.165) is 43.1 Å². The van der Waals surface area contributed by atoms with Crippen LogP contribution in [0.15, 0.2) is 48.8 Å². The van der Waals surface area contributed by atoms with Crippen molar-refractivity contribution in [1.29, 1.82) is 0 Å². The Kier molecular flexibility index (Phi) is 7.34. The lowest BCUT2D eigenvalue weighted by molar-refractivity contribution is 0.0784. The van der Waals surface area contributed by atoms with Crippen LogP contribution in [0.4, 0.5) is 5.69 Å². The molecule has 2 fully saturated rings. The number of amides is 2. The molecular weight excluding hydrogens is 452 g/mol. The van der Waals surface area contributed by atoms with Crippen molar-refractivity contribution in [1.82, 2.24) is 25.3 Å². The maximum absolute atomic E-state index is 13.9. The first kappa shape index (κ1) is 24.5. The minimum absolute atomic E-state index is 0.0590. The highest BCUT2D eigenvalue weighted by atomic mass is 16.2. The zero-order chi connectivity index (χ0) is 25.1. The highest BCUT2D eigenvalue weighted by Crippen LogP contribution is 2.34. The van der Waals surface area contributed by atoms with Crippen molar-refractivity contribution in [3.63, 3.8) is 0 Å². The van der Waals surface area contributed by atoms with Gasteiger partial charge in [-0.05, 0) is 49.9 Å². The van der Waals surface area contributed by atoms with Gasteiger partial charge in [-0.25, -0.2) is 4.98 Å². The Bertz CT molecular complexity index is 1220. The predicted octanol–water partition coefficient (Wildman–Crippen LogP) is 4.51. The van der Waals surface area contributed by atoms with E-state index in [1.54, 1.807) is 17.0 Å². The SMILES string of the molecule is CCCC1CC(CN(C)C(=O)c2cc(NC(=O)c3ccccc3)cc3ncn(C4CCCC4)c23)NN1. The van der Waals surface area contributed by atoms with E-state index in [1.165, 1.54) is 12.8 Å². The Balaban J connectivity index is 1.44. The van der Waals surface area contributed by atoms with Crippen molar-refractivity contribution < 1.29 is 9.59 Å². The van der Waals surface area contributed by atoms with E-state index in [1.807, 2.05) is 43.7 Å². The molecule has 2 amide bonds. The third-order valence-corrected chi connectivity index (χ3v) is 7.45. The summed E-state index contributed by atoms with van der Waals surface area (Å²) >= 11 is 0. The third kappa shape index (κ3) is 5.15. The van der Waals surface area contributed by atoms with Crippen molar-refractivity contribution in [3.8, 4) is 0 Å². The van der Waals surface area contributed by atoms with Crippen molar-refractivity contribution >= 4 is 28.5 Å². The summed E-state index contributed by atoms with van der Waals surface area (Å²) in [4.78, 5) is 33.1. The van der Waals surface area contributed by atoms with Gasteiger partial charge in [0.1, 0.15) is 0 Å². The lowest BCUT2D eigenvalue weighted by atomic mass is 10.0. The Morgan fingerprint density at radius 2 is 1.86 bits per heavy atom. The molecule has 0 spiro atoms. The van der Waals surface area contributed by atoms with Gasteiger partial charge in [0.2, 0.25) is 0 Å². The molecule has 1 aromatic heterocycles. The van der Waals surface area contributed by atoms with Gasteiger partial charge in [0.25, 0.3) is 11.8 Å². The number of benzene rings is 2. The van der Waals surface area contributed by atoms with Crippen LogP contribution in [0.2, 0.25) is 0 Å². The average Bonchev–Trinajstić information content (AvgIpc) is 3.65. The number of hydrogen-bond acceptors (Lipinski definition) is 5. The highest BCUT2D eigenvalue weighted by molar-refractivity contribution is 6.09. The van der Waals surface area contributed by atoms with Gasteiger partial charge in [-0.15, -0.1) is 0 Å². The number of imidazole rings is 1. The number of carbonyl (C=O) groups is 2. The molecule has 3 N–H and O–H groups in total. The summed E-state index contributed by atoms with van der Waals surface area (Å²) in [6, 6.07) is 13.8. The molecule has 190 valence electrons. The molecule has 1 aliphatic carbocycles. The fraction of sp³-hybridized carbons (Fsp3) is 0.464. The first-order valence-electron chi connectivity index (χ1n) is 13.2. The Morgan fingerprint density at radius 3 is 2.61 bits per heavy atom. The minimum Gasteiger partial charge on any atom is -0.340 e.